The summed E-state index contributed by atoms with van der Waals surface area (Å²) in [5.74, 6) is -6.66. The summed E-state index contributed by atoms with van der Waals surface area (Å²) < 4.78 is 125. The Labute approximate surface area is 209 Å². The van der Waals surface area contributed by atoms with E-state index in [0.29, 0.717) is 18.9 Å². The Morgan fingerprint density at radius 1 is 1.05 bits per heavy atom. The van der Waals surface area contributed by atoms with Crippen molar-refractivity contribution >= 4 is 22.0 Å². The van der Waals surface area contributed by atoms with Crippen molar-refractivity contribution in [1.82, 2.24) is 5.32 Å². The highest BCUT2D eigenvalue weighted by Crippen LogP contribution is 2.38. The molecule has 38 heavy (non-hydrogen) atoms. The van der Waals surface area contributed by atoms with Crippen molar-refractivity contribution in [2.24, 2.45) is 5.73 Å². The molecule has 0 spiro atoms. The second-order valence-electron chi connectivity index (χ2n) is 7.99. The maximum absolute atomic E-state index is 14.7. The summed E-state index contributed by atoms with van der Waals surface area (Å²) >= 11 is 0. The van der Waals surface area contributed by atoms with Crippen LogP contribution in [0.15, 0.2) is 36.4 Å². The maximum atomic E-state index is 14.7. The topological polar surface area (TPSA) is 136 Å². The van der Waals surface area contributed by atoms with Crippen molar-refractivity contribution in [3.63, 3.8) is 0 Å². The Kier molecular flexibility index (Phi) is 8.68. The third-order valence-corrected chi connectivity index (χ3v) is 6.01. The molecule has 2 aromatic rings. The summed E-state index contributed by atoms with van der Waals surface area (Å²) in [6, 6.07) is 5.44. The number of hydrogen-bond acceptors (Lipinski definition) is 6. The molecule has 0 saturated heterocycles. The smallest absolute Gasteiger partial charge is 0.475 e. The number of aliphatic carboxylic acids is 1. The number of benzene rings is 2. The van der Waals surface area contributed by atoms with E-state index >= 15 is 0 Å². The molecule has 0 bridgehead atoms. The van der Waals surface area contributed by atoms with Crippen molar-refractivity contribution in [2.45, 2.75) is 43.0 Å². The Morgan fingerprint density at radius 2 is 1.61 bits per heavy atom. The van der Waals surface area contributed by atoms with Gasteiger partial charge in [-0.2, -0.15) is 34.8 Å². The van der Waals surface area contributed by atoms with Gasteiger partial charge in [0.05, 0.1) is 11.6 Å². The number of rotatable bonds is 6. The number of carboxylic acid groups (broad SMARTS) is 1. The molecule has 0 heterocycles. The monoisotopic (exact) mass is 578 g/mol. The first-order valence-electron chi connectivity index (χ1n) is 10.2. The number of para-hydroxylation sites is 1. The molecular weight excluding hydrogens is 560 g/mol. The lowest BCUT2D eigenvalue weighted by Gasteiger charge is -2.19. The minimum Gasteiger partial charge on any atom is -0.475 e. The minimum atomic E-state index is -6.15. The highest BCUT2D eigenvalue weighted by molar-refractivity contribution is 7.88. The molecule has 1 amide bonds. The van der Waals surface area contributed by atoms with Gasteiger partial charge in [-0.05, 0) is 37.5 Å². The lowest BCUT2D eigenvalue weighted by molar-refractivity contribution is -0.192. The van der Waals surface area contributed by atoms with Gasteiger partial charge in [-0.15, -0.1) is 0 Å². The largest absolute Gasteiger partial charge is 0.534 e. The summed E-state index contributed by atoms with van der Waals surface area (Å²) in [4.78, 5) is 20.9. The third kappa shape index (κ3) is 7.31. The number of carbonyl (C=O) groups is 2. The molecule has 17 heteroatoms. The van der Waals surface area contributed by atoms with Crippen molar-refractivity contribution in [2.75, 3.05) is 0 Å². The zero-order chi connectivity index (χ0) is 29.3. The van der Waals surface area contributed by atoms with Crippen molar-refractivity contribution in [3.05, 3.63) is 53.6 Å². The van der Waals surface area contributed by atoms with Gasteiger partial charge < -0.3 is 20.3 Å². The lowest BCUT2D eigenvalue weighted by Crippen LogP contribution is -2.43. The summed E-state index contributed by atoms with van der Waals surface area (Å²) in [5.41, 5.74) is -1.47. The van der Waals surface area contributed by atoms with Crippen molar-refractivity contribution < 1.29 is 62.4 Å². The molecule has 1 fully saturated rings. The van der Waals surface area contributed by atoms with Gasteiger partial charge in [0.1, 0.15) is 5.82 Å². The summed E-state index contributed by atoms with van der Waals surface area (Å²) in [5, 5.41) is 9.70. The number of amides is 1. The second-order valence-corrected chi connectivity index (χ2v) is 9.53. The van der Waals surface area contributed by atoms with E-state index in [4.69, 9.17) is 15.6 Å². The Hall–Kier alpha value is -3.47. The van der Waals surface area contributed by atoms with Crippen LogP contribution in [0, 0.1) is 11.6 Å². The average Bonchev–Trinajstić information content (AvgIpc) is 3.52. The first-order chi connectivity index (χ1) is 17.2. The van der Waals surface area contributed by atoms with Gasteiger partial charge in [0.2, 0.25) is 5.91 Å². The summed E-state index contributed by atoms with van der Waals surface area (Å²) in [6.07, 6.45) is -4.06. The fourth-order valence-electron chi connectivity index (χ4n) is 2.80. The standard InChI is InChI=1S/C19H17F5N2O4S.C2HF3O2/c1-10(26-17(27)18(25)7-8-18)12-6-5-11(9-15(12)21)13-3-2-4-14(20)16(13)30-31(28,29)19(22,23)24;3-2(4,5)1(6)7/h2-6,9-10H,7-8,25H2,1H3,(H,26,27);(H,6,7)/t10-;/m1./s1. The molecule has 210 valence electrons. The molecule has 0 radical (unpaired) electrons. The molecule has 0 aromatic heterocycles. The van der Waals surface area contributed by atoms with Gasteiger partial charge in [0, 0.05) is 11.1 Å². The number of hydrogen-bond donors (Lipinski definition) is 3. The van der Waals surface area contributed by atoms with Crippen molar-refractivity contribution in [3.8, 4) is 16.9 Å². The number of nitrogens with one attached hydrogen (secondary N) is 1. The number of nitrogens with two attached hydrogens (primary N) is 1. The number of carbonyl (C=O) groups excluding carboxylic acids is 1. The Balaban J connectivity index is 0.000000638. The van der Waals surface area contributed by atoms with Crippen LogP contribution in [0.2, 0.25) is 0 Å². The molecule has 2 aromatic carbocycles. The number of alkyl halides is 6. The van der Waals surface area contributed by atoms with E-state index in [1.807, 2.05) is 0 Å². The van der Waals surface area contributed by atoms with E-state index in [0.717, 1.165) is 18.2 Å². The van der Waals surface area contributed by atoms with Gasteiger partial charge in [-0.25, -0.2) is 13.6 Å². The molecule has 0 unspecified atom stereocenters. The Bertz CT molecular complexity index is 1320. The van der Waals surface area contributed by atoms with E-state index in [1.165, 1.54) is 19.1 Å². The van der Waals surface area contributed by atoms with E-state index in [2.05, 4.69) is 9.50 Å². The van der Waals surface area contributed by atoms with Crippen LogP contribution in [0.1, 0.15) is 31.4 Å². The second kappa shape index (κ2) is 10.7. The van der Waals surface area contributed by atoms with E-state index in [9.17, 15) is 48.3 Å². The van der Waals surface area contributed by atoms with Gasteiger partial charge >= 0.3 is 27.8 Å². The van der Waals surface area contributed by atoms with Crippen LogP contribution in [-0.2, 0) is 19.7 Å². The quantitative estimate of drug-likeness (QED) is 0.266. The van der Waals surface area contributed by atoms with Crippen LogP contribution < -0.4 is 15.2 Å². The minimum absolute atomic E-state index is 0.0446. The predicted octanol–water partition coefficient (Wildman–Crippen LogP) is 4.16. The zero-order valence-corrected chi connectivity index (χ0v) is 19.8. The summed E-state index contributed by atoms with van der Waals surface area (Å²) in [6.45, 7) is 1.51. The molecular formula is C21H18F8N2O6S. The maximum Gasteiger partial charge on any atom is 0.534 e. The van der Waals surface area contributed by atoms with E-state index in [1.54, 1.807) is 0 Å². The highest BCUT2D eigenvalue weighted by atomic mass is 32.2. The number of halogens is 8. The van der Waals surface area contributed by atoms with Gasteiger partial charge in [0.15, 0.2) is 11.6 Å². The SMILES string of the molecule is C[C@@H](NC(=O)C1(N)CC1)c1ccc(-c2cccc(F)c2OS(=O)(=O)C(F)(F)F)cc1F.O=C(O)C(F)(F)F. The summed E-state index contributed by atoms with van der Waals surface area (Å²) in [7, 11) is -6.15. The van der Waals surface area contributed by atoms with Crippen LogP contribution in [0.4, 0.5) is 35.1 Å². The van der Waals surface area contributed by atoms with Crippen LogP contribution in [0.3, 0.4) is 0 Å². The normalized spacial score (nSPS) is 15.5. The molecule has 4 N–H and O–H groups in total. The van der Waals surface area contributed by atoms with Gasteiger partial charge in [-0.1, -0.05) is 24.3 Å². The van der Waals surface area contributed by atoms with Crippen molar-refractivity contribution in [1.29, 1.82) is 0 Å². The van der Waals surface area contributed by atoms with E-state index in [-0.39, 0.29) is 11.1 Å². The fraction of sp³-hybridized carbons (Fsp3) is 0.333. The molecule has 3 rings (SSSR count). The molecule has 1 saturated carbocycles. The lowest BCUT2D eigenvalue weighted by atomic mass is 9.99. The first kappa shape index (κ1) is 30.8. The van der Waals surface area contributed by atoms with Gasteiger partial charge in [0.25, 0.3) is 0 Å². The van der Waals surface area contributed by atoms with Gasteiger partial charge in [-0.3, -0.25) is 4.79 Å². The van der Waals surface area contributed by atoms with Crippen LogP contribution in [0.25, 0.3) is 11.1 Å². The average molecular weight is 578 g/mol. The molecule has 1 aliphatic rings. The molecule has 0 aliphatic heterocycles. The van der Waals surface area contributed by atoms with Crippen LogP contribution in [-0.4, -0.2) is 42.6 Å². The van der Waals surface area contributed by atoms with Crippen LogP contribution >= 0.6 is 0 Å². The zero-order valence-electron chi connectivity index (χ0n) is 19.0. The predicted molar refractivity (Wildman–Crippen MR) is 114 cm³/mol. The Morgan fingerprint density at radius 3 is 2.05 bits per heavy atom. The molecule has 1 atom stereocenters. The number of carboxylic acids is 1. The van der Waals surface area contributed by atoms with E-state index < -0.39 is 68.2 Å². The molecule has 1 aliphatic carbocycles. The fourth-order valence-corrected chi connectivity index (χ4v) is 3.29. The third-order valence-electron chi connectivity index (χ3n) is 5.05. The molecule has 8 nitrogen and oxygen atoms in total. The highest BCUT2D eigenvalue weighted by Gasteiger charge is 2.49. The first-order valence-corrected chi connectivity index (χ1v) is 11.6. The van der Waals surface area contributed by atoms with Crippen LogP contribution in [0.5, 0.6) is 5.75 Å².